The normalized spacial score (nSPS) is 11.6. The predicted molar refractivity (Wildman–Crippen MR) is 143 cm³/mol. The van der Waals surface area contributed by atoms with E-state index in [1.165, 1.54) is 0 Å². The molecule has 2 atom stereocenters. The van der Waals surface area contributed by atoms with Gasteiger partial charge < -0.3 is 40.8 Å². The van der Waals surface area contributed by atoms with Crippen LogP contribution in [0.25, 0.3) is 0 Å². The highest BCUT2D eigenvalue weighted by Crippen LogP contribution is 2.34. The number of nitrogens with zero attached hydrogens (tertiary/aromatic N) is 1. The predicted octanol–water partition coefficient (Wildman–Crippen LogP) is 1.85. The minimum Gasteiger partial charge on any atom is -0.504 e. The van der Waals surface area contributed by atoms with Gasteiger partial charge in [0.2, 0.25) is 11.8 Å². The van der Waals surface area contributed by atoms with Gasteiger partial charge in [0, 0.05) is 18.2 Å². The van der Waals surface area contributed by atoms with Gasteiger partial charge in [0.05, 0.1) is 17.5 Å². The average molecular weight is 580 g/mol. The second-order valence-electron chi connectivity index (χ2n) is 8.40. The molecule has 13 nitrogen and oxygen atoms in total. The minimum atomic E-state index is -1.28. The Morgan fingerprint density at radius 1 is 1.05 bits per heavy atom. The topological polar surface area (TPSA) is 211 Å². The molecular formula is C26H30ClN3O10. The van der Waals surface area contributed by atoms with Crippen molar-refractivity contribution in [3.63, 3.8) is 0 Å². The number of halogens is 1. The molecule has 14 heteroatoms. The minimum absolute atomic E-state index is 0.107. The fraction of sp³-hybridized carbons (Fsp3) is 0.308. The van der Waals surface area contributed by atoms with Crippen molar-refractivity contribution >= 4 is 53.2 Å². The lowest BCUT2D eigenvalue weighted by molar-refractivity contribution is -0.139. The molecule has 0 spiro atoms. The summed E-state index contributed by atoms with van der Waals surface area (Å²) in [5.74, 6) is -5.51. The lowest BCUT2D eigenvalue weighted by atomic mass is 10.1. The SMILES string of the molecule is CC(=O)O.CC[C@H](NC(=O)c1cc(O)c(O)c(Cl)c1)C(=O)N(CC(=O)NC(C=O)CC(=O)O)c1ccccc1C. The number of para-hydroxylation sites is 1. The van der Waals surface area contributed by atoms with Crippen LogP contribution in [-0.2, 0) is 24.0 Å². The molecule has 3 amide bonds. The van der Waals surface area contributed by atoms with Gasteiger partial charge in [-0.3, -0.25) is 24.0 Å². The van der Waals surface area contributed by atoms with Gasteiger partial charge >= 0.3 is 5.97 Å². The number of hydrogen-bond donors (Lipinski definition) is 6. The van der Waals surface area contributed by atoms with E-state index in [1.807, 2.05) is 0 Å². The zero-order valence-corrected chi connectivity index (χ0v) is 22.6. The molecule has 0 aliphatic rings. The first-order chi connectivity index (χ1) is 18.7. The maximum absolute atomic E-state index is 13.5. The Hall–Kier alpha value is -4.65. The van der Waals surface area contributed by atoms with E-state index in [2.05, 4.69) is 10.6 Å². The van der Waals surface area contributed by atoms with Gasteiger partial charge in [-0.05, 0) is 37.1 Å². The maximum atomic E-state index is 13.5. The summed E-state index contributed by atoms with van der Waals surface area (Å²) >= 11 is 5.82. The second kappa shape index (κ2) is 15.7. The van der Waals surface area contributed by atoms with E-state index in [1.54, 1.807) is 38.1 Å². The molecule has 0 aromatic heterocycles. The van der Waals surface area contributed by atoms with E-state index in [4.69, 9.17) is 26.6 Å². The van der Waals surface area contributed by atoms with Crippen LogP contribution < -0.4 is 15.5 Å². The highest BCUT2D eigenvalue weighted by atomic mass is 35.5. The van der Waals surface area contributed by atoms with E-state index in [-0.39, 0.29) is 17.0 Å². The summed E-state index contributed by atoms with van der Waals surface area (Å²) in [7, 11) is 0. The number of nitrogens with one attached hydrogen (secondary N) is 2. The Bertz CT molecular complexity index is 1240. The van der Waals surface area contributed by atoms with Crippen LogP contribution in [0.5, 0.6) is 11.5 Å². The quantitative estimate of drug-likeness (QED) is 0.168. The molecule has 0 saturated carbocycles. The number of benzene rings is 2. The smallest absolute Gasteiger partial charge is 0.305 e. The van der Waals surface area contributed by atoms with E-state index in [0.29, 0.717) is 17.5 Å². The van der Waals surface area contributed by atoms with Gasteiger partial charge in [-0.2, -0.15) is 0 Å². The third-order valence-electron chi connectivity index (χ3n) is 5.20. The molecule has 2 aromatic carbocycles. The molecule has 6 N–H and O–H groups in total. The standard InChI is InChI=1S/C24H26ClN3O8.C2H4O2/c1-3-17(27-23(35)14-8-16(25)22(34)19(30)9-14)24(36)28(18-7-5-4-6-13(18)2)11-20(31)26-15(12-29)10-21(32)33;1-2(3)4/h4-9,12,15,17,30,34H,3,10-11H2,1-2H3,(H,26,31)(H,27,35)(H,32,33);1H3,(H,3,4)/t15?,17-;/m0./s1. The van der Waals surface area contributed by atoms with Crippen LogP contribution in [-0.4, -0.2) is 75.0 Å². The first-order valence-electron chi connectivity index (χ1n) is 11.8. The summed E-state index contributed by atoms with van der Waals surface area (Å²) in [6.07, 6.45) is -0.204. The fourth-order valence-electron chi connectivity index (χ4n) is 3.35. The Labute approximate surface area is 234 Å². The van der Waals surface area contributed by atoms with E-state index < -0.39 is 66.2 Å². The van der Waals surface area contributed by atoms with Crippen molar-refractivity contribution in [1.29, 1.82) is 0 Å². The largest absolute Gasteiger partial charge is 0.504 e. The number of aryl methyl sites for hydroxylation is 1. The molecule has 2 rings (SSSR count). The summed E-state index contributed by atoms with van der Waals surface area (Å²) in [5.41, 5.74) is 0.910. The summed E-state index contributed by atoms with van der Waals surface area (Å²) in [6.45, 7) is 3.88. The van der Waals surface area contributed by atoms with Crippen LogP contribution >= 0.6 is 11.6 Å². The number of rotatable bonds is 11. The summed E-state index contributed by atoms with van der Waals surface area (Å²) in [4.78, 5) is 71.1. The van der Waals surface area contributed by atoms with Crippen LogP contribution in [0.4, 0.5) is 5.69 Å². The summed E-state index contributed by atoms with van der Waals surface area (Å²) < 4.78 is 0. The zero-order valence-electron chi connectivity index (χ0n) is 21.9. The van der Waals surface area contributed by atoms with Crippen LogP contribution in [0, 0.1) is 6.92 Å². The Morgan fingerprint density at radius 3 is 2.15 bits per heavy atom. The summed E-state index contributed by atoms with van der Waals surface area (Å²) in [6, 6.07) is 6.42. The van der Waals surface area contributed by atoms with E-state index in [0.717, 1.165) is 24.0 Å². The van der Waals surface area contributed by atoms with Crippen LogP contribution in [0.2, 0.25) is 5.02 Å². The summed E-state index contributed by atoms with van der Waals surface area (Å²) in [5, 5.41) is 40.2. The number of carboxylic acids is 2. The molecule has 1 unspecified atom stereocenters. The average Bonchev–Trinajstić information content (AvgIpc) is 2.87. The first kappa shape index (κ1) is 33.4. The molecular weight excluding hydrogens is 550 g/mol. The fourth-order valence-corrected chi connectivity index (χ4v) is 3.56. The van der Waals surface area contributed by atoms with Crippen molar-refractivity contribution in [1.82, 2.24) is 10.6 Å². The zero-order chi connectivity index (χ0) is 30.6. The lowest BCUT2D eigenvalue weighted by Crippen LogP contribution is -2.52. The molecule has 216 valence electrons. The number of amides is 3. The van der Waals surface area contributed by atoms with Crippen molar-refractivity contribution in [2.75, 3.05) is 11.4 Å². The molecule has 2 aromatic rings. The number of carboxylic acid groups (broad SMARTS) is 2. The molecule has 0 heterocycles. The van der Waals surface area contributed by atoms with Crippen LogP contribution in [0.15, 0.2) is 36.4 Å². The van der Waals surface area contributed by atoms with Gasteiger partial charge in [0.25, 0.3) is 11.9 Å². The number of aromatic hydroxyl groups is 2. The molecule has 0 radical (unpaired) electrons. The third-order valence-corrected chi connectivity index (χ3v) is 5.48. The molecule has 0 fully saturated rings. The monoisotopic (exact) mass is 579 g/mol. The van der Waals surface area contributed by atoms with Crippen molar-refractivity contribution < 1.29 is 49.2 Å². The maximum Gasteiger partial charge on any atom is 0.305 e. The van der Waals surface area contributed by atoms with Crippen LogP contribution in [0.1, 0.15) is 42.6 Å². The highest BCUT2D eigenvalue weighted by Gasteiger charge is 2.29. The molecule has 0 saturated heterocycles. The van der Waals surface area contributed by atoms with Gasteiger partial charge in [-0.1, -0.05) is 36.7 Å². The van der Waals surface area contributed by atoms with Gasteiger partial charge in [0.1, 0.15) is 18.9 Å². The molecule has 0 aliphatic heterocycles. The number of aliphatic carboxylic acids is 2. The number of carbonyl (C=O) groups is 6. The third kappa shape index (κ3) is 10.3. The molecule has 40 heavy (non-hydrogen) atoms. The number of hydrogen-bond acceptors (Lipinski definition) is 8. The number of carbonyl (C=O) groups excluding carboxylic acids is 4. The first-order valence-corrected chi connectivity index (χ1v) is 12.1. The van der Waals surface area contributed by atoms with E-state index in [9.17, 15) is 34.2 Å². The van der Waals surface area contributed by atoms with E-state index >= 15 is 0 Å². The van der Waals surface area contributed by atoms with Crippen molar-refractivity contribution in [3.8, 4) is 11.5 Å². The van der Waals surface area contributed by atoms with Crippen molar-refractivity contribution in [2.45, 2.75) is 45.7 Å². The Balaban J connectivity index is 0.00000187. The molecule has 0 bridgehead atoms. The Morgan fingerprint density at radius 2 is 1.65 bits per heavy atom. The highest BCUT2D eigenvalue weighted by molar-refractivity contribution is 6.32. The number of anilines is 1. The van der Waals surface area contributed by atoms with Gasteiger partial charge in [-0.25, -0.2) is 0 Å². The number of phenolic OH excluding ortho intramolecular Hbond substituents is 2. The lowest BCUT2D eigenvalue weighted by Gasteiger charge is -2.28. The van der Waals surface area contributed by atoms with Crippen LogP contribution in [0.3, 0.4) is 0 Å². The second-order valence-corrected chi connectivity index (χ2v) is 8.81. The van der Waals surface area contributed by atoms with Crippen molar-refractivity contribution in [3.05, 3.63) is 52.5 Å². The van der Waals surface area contributed by atoms with Gasteiger partial charge in [0.15, 0.2) is 11.5 Å². The Kier molecular flexibility index (Phi) is 13.1. The van der Waals surface area contributed by atoms with Gasteiger partial charge in [-0.15, -0.1) is 0 Å². The number of aldehydes is 1. The van der Waals surface area contributed by atoms with Crippen molar-refractivity contribution in [2.24, 2.45) is 0 Å². The number of phenols is 2. The molecule has 0 aliphatic carbocycles.